The number of aryl methyl sites for hydroxylation is 1. The molecule has 5 heteroatoms. The molecule has 0 aliphatic carbocycles. The highest BCUT2D eigenvalue weighted by atomic mass is 32.2. The van der Waals surface area contributed by atoms with Crippen molar-refractivity contribution in [3.63, 3.8) is 0 Å². The number of thiazole rings is 1. The molecule has 72 valence electrons. The van der Waals surface area contributed by atoms with Gasteiger partial charge < -0.3 is 0 Å². The van der Waals surface area contributed by atoms with Crippen LogP contribution < -0.4 is 0 Å². The second-order valence-corrected chi connectivity index (χ2v) is 6.90. The molecule has 1 aliphatic heterocycles. The lowest BCUT2D eigenvalue weighted by Crippen LogP contribution is -2.03. The van der Waals surface area contributed by atoms with Crippen LogP contribution >= 0.6 is 11.3 Å². The van der Waals surface area contributed by atoms with Gasteiger partial charge in [-0.15, -0.1) is 11.3 Å². The Kier molecular flexibility index (Phi) is 2.15. The molecule has 3 nitrogen and oxygen atoms in total. The number of aromatic nitrogens is 1. The fourth-order valence-electron chi connectivity index (χ4n) is 1.55. The fourth-order valence-corrected chi connectivity index (χ4v) is 4.31. The lowest BCUT2D eigenvalue weighted by atomic mass is 10.1. The average Bonchev–Trinajstić information content (AvgIpc) is 2.56. The quantitative estimate of drug-likeness (QED) is 0.713. The first-order valence-electron chi connectivity index (χ1n) is 4.19. The zero-order valence-corrected chi connectivity index (χ0v) is 8.99. The van der Waals surface area contributed by atoms with Crippen molar-refractivity contribution in [3.05, 3.63) is 16.1 Å². The number of hydrogen-bond acceptors (Lipinski definition) is 4. The summed E-state index contributed by atoms with van der Waals surface area (Å²) in [4.78, 5) is 5.37. The molecular formula is C8H11NO2S2. The van der Waals surface area contributed by atoms with Crippen LogP contribution in [0.3, 0.4) is 0 Å². The van der Waals surface area contributed by atoms with Crippen LogP contribution in [0.25, 0.3) is 0 Å². The fraction of sp³-hybridized carbons (Fsp3) is 0.625. The second kappa shape index (κ2) is 3.06. The first-order valence-corrected chi connectivity index (χ1v) is 6.83. The minimum Gasteiger partial charge on any atom is -0.249 e. The van der Waals surface area contributed by atoms with Crippen LogP contribution in [0.5, 0.6) is 0 Å². The Morgan fingerprint density at radius 1 is 1.62 bits per heavy atom. The summed E-state index contributed by atoms with van der Waals surface area (Å²) in [6.07, 6.45) is 2.56. The van der Waals surface area contributed by atoms with E-state index in [2.05, 4.69) is 4.98 Å². The predicted octanol–water partition coefficient (Wildman–Crippen LogP) is 1.35. The van der Waals surface area contributed by atoms with Gasteiger partial charge in [-0.3, -0.25) is 0 Å². The topological polar surface area (TPSA) is 47.0 Å². The standard InChI is InChI=1S/C8H11NO2S2/c1-6-4-9-8(12-6)7-2-3-13(10,11)5-7/h4,7H,2-3,5H2,1H3. The van der Waals surface area contributed by atoms with Gasteiger partial charge in [0.1, 0.15) is 0 Å². The van der Waals surface area contributed by atoms with Gasteiger partial charge in [-0.25, -0.2) is 13.4 Å². The summed E-state index contributed by atoms with van der Waals surface area (Å²) in [7, 11) is -2.77. The molecule has 1 fully saturated rings. The van der Waals surface area contributed by atoms with Crippen molar-refractivity contribution < 1.29 is 8.42 Å². The third kappa shape index (κ3) is 1.91. The first-order chi connectivity index (χ1) is 6.07. The van der Waals surface area contributed by atoms with Crippen LogP contribution in [0, 0.1) is 6.92 Å². The van der Waals surface area contributed by atoms with E-state index in [9.17, 15) is 8.42 Å². The van der Waals surface area contributed by atoms with E-state index in [-0.39, 0.29) is 5.92 Å². The molecule has 1 atom stereocenters. The molecule has 0 bridgehead atoms. The van der Waals surface area contributed by atoms with Crippen molar-refractivity contribution in [3.8, 4) is 0 Å². The molecule has 0 radical (unpaired) electrons. The van der Waals surface area contributed by atoms with E-state index in [1.807, 2.05) is 13.1 Å². The Labute approximate surface area is 81.7 Å². The van der Waals surface area contributed by atoms with Crippen molar-refractivity contribution in [1.82, 2.24) is 4.98 Å². The van der Waals surface area contributed by atoms with E-state index in [0.717, 1.165) is 16.3 Å². The lowest BCUT2D eigenvalue weighted by Gasteiger charge is -2.00. The first kappa shape index (κ1) is 9.15. The van der Waals surface area contributed by atoms with E-state index >= 15 is 0 Å². The van der Waals surface area contributed by atoms with Crippen LogP contribution in [0.1, 0.15) is 22.2 Å². The zero-order chi connectivity index (χ0) is 9.47. The molecule has 0 N–H and O–H groups in total. The van der Waals surface area contributed by atoms with Gasteiger partial charge >= 0.3 is 0 Å². The van der Waals surface area contributed by atoms with Crippen molar-refractivity contribution in [2.45, 2.75) is 19.3 Å². The minimum atomic E-state index is -2.77. The van der Waals surface area contributed by atoms with E-state index < -0.39 is 9.84 Å². The Morgan fingerprint density at radius 3 is 2.85 bits per heavy atom. The third-order valence-electron chi connectivity index (χ3n) is 2.22. The summed E-state index contributed by atoms with van der Waals surface area (Å²) < 4.78 is 22.4. The predicted molar refractivity (Wildman–Crippen MR) is 52.9 cm³/mol. The molecule has 0 saturated carbocycles. The van der Waals surface area contributed by atoms with Gasteiger partial charge in [-0.2, -0.15) is 0 Å². The summed E-state index contributed by atoms with van der Waals surface area (Å²) >= 11 is 1.61. The van der Waals surface area contributed by atoms with Gasteiger partial charge in [0, 0.05) is 17.0 Å². The number of rotatable bonds is 1. The molecule has 2 rings (SSSR count). The summed E-state index contributed by atoms with van der Waals surface area (Å²) in [5.41, 5.74) is 0. The molecule has 1 aromatic rings. The zero-order valence-electron chi connectivity index (χ0n) is 7.36. The molecule has 0 spiro atoms. The third-order valence-corrected chi connectivity index (χ3v) is 5.06. The molecule has 1 aliphatic rings. The molecule has 0 amide bonds. The van der Waals surface area contributed by atoms with Crippen molar-refractivity contribution in [2.75, 3.05) is 11.5 Å². The summed E-state index contributed by atoms with van der Waals surface area (Å²) in [6, 6.07) is 0. The molecule has 1 saturated heterocycles. The maximum absolute atomic E-state index is 11.2. The van der Waals surface area contributed by atoms with Crippen LogP contribution in [0.15, 0.2) is 6.20 Å². The van der Waals surface area contributed by atoms with Crippen LogP contribution in [0.2, 0.25) is 0 Å². The van der Waals surface area contributed by atoms with Crippen LogP contribution in [-0.4, -0.2) is 24.9 Å². The molecule has 1 aromatic heterocycles. The minimum absolute atomic E-state index is 0.156. The molecule has 13 heavy (non-hydrogen) atoms. The summed E-state index contributed by atoms with van der Waals surface area (Å²) in [6.45, 7) is 1.99. The van der Waals surface area contributed by atoms with Gasteiger partial charge in [0.2, 0.25) is 0 Å². The molecule has 1 unspecified atom stereocenters. The van der Waals surface area contributed by atoms with Gasteiger partial charge in [-0.1, -0.05) is 0 Å². The second-order valence-electron chi connectivity index (χ2n) is 3.41. The van der Waals surface area contributed by atoms with Crippen molar-refractivity contribution in [1.29, 1.82) is 0 Å². The summed E-state index contributed by atoms with van der Waals surface area (Å²) in [5, 5.41) is 0.985. The molecule has 0 aromatic carbocycles. The molecular weight excluding hydrogens is 206 g/mol. The van der Waals surface area contributed by atoms with E-state index in [1.54, 1.807) is 11.3 Å². The Bertz CT molecular complexity index is 408. The van der Waals surface area contributed by atoms with Gasteiger partial charge in [0.25, 0.3) is 0 Å². The maximum atomic E-state index is 11.2. The van der Waals surface area contributed by atoms with Crippen LogP contribution in [0.4, 0.5) is 0 Å². The SMILES string of the molecule is Cc1cnc(C2CCS(=O)(=O)C2)s1. The highest BCUT2D eigenvalue weighted by molar-refractivity contribution is 7.91. The summed E-state index contributed by atoms with van der Waals surface area (Å²) in [5.74, 6) is 0.777. The van der Waals surface area contributed by atoms with E-state index in [4.69, 9.17) is 0 Å². The highest BCUT2D eigenvalue weighted by Crippen LogP contribution is 2.31. The van der Waals surface area contributed by atoms with Gasteiger partial charge in [0.05, 0.1) is 16.5 Å². The normalized spacial score (nSPS) is 26.4. The van der Waals surface area contributed by atoms with Gasteiger partial charge in [0.15, 0.2) is 9.84 Å². The maximum Gasteiger partial charge on any atom is 0.151 e. The van der Waals surface area contributed by atoms with E-state index in [1.165, 1.54) is 0 Å². The van der Waals surface area contributed by atoms with Crippen LogP contribution in [-0.2, 0) is 9.84 Å². The number of hydrogen-bond donors (Lipinski definition) is 0. The Morgan fingerprint density at radius 2 is 2.38 bits per heavy atom. The average molecular weight is 217 g/mol. The smallest absolute Gasteiger partial charge is 0.151 e. The Balaban J connectivity index is 2.21. The number of sulfone groups is 1. The molecule has 2 heterocycles. The van der Waals surface area contributed by atoms with Crippen molar-refractivity contribution >= 4 is 21.2 Å². The van der Waals surface area contributed by atoms with E-state index in [0.29, 0.717) is 11.5 Å². The van der Waals surface area contributed by atoms with Crippen molar-refractivity contribution in [2.24, 2.45) is 0 Å². The highest BCUT2D eigenvalue weighted by Gasteiger charge is 2.30. The lowest BCUT2D eigenvalue weighted by molar-refractivity contribution is 0.601. The monoisotopic (exact) mass is 217 g/mol. The van der Waals surface area contributed by atoms with Gasteiger partial charge in [-0.05, 0) is 13.3 Å². The Hall–Kier alpha value is -0.420. The number of nitrogens with zero attached hydrogens (tertiary/aromatic N) is 1. The largest absolute Gasteiger partial charge is 0.249 e.